The van der Waals surface area contributed by atoms with E-state index in [9.17, 15) is 9.18 Å². The van der Waals surface area contributed by atoms with Gasteiger partial charge in [0.15, 0.2) is 0 Å². The molecule has 2 aromatic carbocycles. The SMILES string of the molecule is CCc1cccc(C)c1NC(=O)c1cc(-c2ccc(F)cc2)oc1C. The maximum absolute atomic E-state index is 13.1. The fourth-order valence-electron chi connectivity index (χ4n) is 2.85. The van der Waals surface area contributed by atoms with Gasteiger partial charge in [0.2, 0.25) is 0 Å². The van der Waals surface area contributed by atoms with E-state index in [4.69, 9.17) is 4.42 Å². The van der Waals surface area contributed by atoms with Crippen LogP contribution in [0, 0.1) is 19.7 Å². The minimum Gasteiger partial charge on any atom is -0.461 e. The van der Waals surface area contributed by atoms with Crippen LogP contribution >= 0.6 is 0 Å². The third-order valence-corrected chi connectivity index (χ3v) is 4.27. The summed E-state index contributed by atoms with van der Waals surface area (Å²) < 4.78 is 18.8. The van der Waals surface area contributed by atoms with Crippen LogP contribution in [0.15, 0.2) is 52.9 Å². The Hall–Kier alpha value is -2.88. The van der Waals surface area contributed by atoms with Gasteiger partial charge < -0.3 is 9.73 Å². The Balaban J connectivity index is 1.90. The summed E-state index contributed by atoms with van der Waals surface area (Å²) in [7, 11) is 0. The quantitative estimate of drug-likeness (QED) is 0.681. The van der Waals surface area contributed by atoms with Crippen molar-refractivity contribution in [3.05, 3.63) is 76.8 Å². The first kappa shape index (κ1) is 17.0. The van der Waals surface area contributed by atoms with Gasteiger partial charge in [0, 0.05) is 11.3 Å². The normalized spacial score (nSPS) is 10.7. The predicted octanol–water partition coefficient (Wildman–Crippen LogP) is 5.52. The maximum atomic E-state index is 13.1. The van der Waals surface area contributed by atoms with Crippen molar-refractivity contribution in [3.8, 4) is 11.3 Å². The van der Waals surface area contributed by atoms with Gasteiger partial charge in [-0.25, -0.2) is 4.39 Å². The van der Waals surface area contributed by atoms with E-state index in [1.54, 1.807) is 25.1 Å². The van der Waals surface area contributed by atoms with E-state index < -0.39 is 0 Å². The summed E-state index contributed by atoms with van der Waals surface area (Å²) in [5.74, 6) is 0.557. The molecule has 25 heavy (non-hydrogen) atoms. The molecule has 1 N–H and O–H groups in total. The summed E-state index contributed by atoms with van der Waals surface area (Å²) in [6, 6.07) is 13.7. The lowest BCUT2D eigenvalue weighted by atomic mass is 10.1. The van der Waals surface area contributed by atoms with Crippen molar-refractivity contribution < 1.29 is 13.6 Å². The number of benzene rings is 2. The molecule has 128 valence electrons. The lowest BCUT2D eigenvalue weighted by Gasteiger charge is -2.12. The molecule has 0 saturated carbocycles. The highest BCUT2D eigenvalue weighted by Crippen LogP contribution is 2.27. The largest absolute Gasteiger partial charge is 0.461 e. The van der Waals surface area contributed by atoms with Crippen molar-refractivity contribution in [2.24, 2.45) is 0 Å². The van der Waals surface area contributed by atoms with Gasteiger partial charge in [0.1, 0.15) is 17.3 Å². The predicted molar refractivity (Wildman–Crippen MR) is 97.3 cm³/mol. The Morgan fingerprint density at radius 2 is 1.84 bits per heavy atom. The van der Waals surface area contributed by atoms with Crippen molar-refractivity contribution >= 4 is 11.6 Å². The van der Waals surface area contributed by atoms with E-state index >= 15 is 0 Å². The van der Waals surface area contributed by atoms with E-state index in [0.717, 1.165) is 28.8 Å². The number of carbonyl (C=O) groups excluding carboxylic acids is 1. The molecule has 1 aromatic heterocycles. The highest BCUT2D eigenvalue weighted by atomic mass is 19.1. The van der Waals surface area contributed by atoms with Gasteiger partial charge in [-0.15, -0.1) is 0 Å². The van der Waals surface area contributed by atoms with Crippen molar-refractivity contribution in [2.75, 3.05) is 5.32 Å². The van der Waals surface area contributed by atoms with Crippen molar-refractivity contribution in [2.45, 2.75) is 27.2 Å². The topological polar surface area (TPSA) is 42.2 Å². The summed E-state index contributed by atoms with van der Waals surface area (Å²) in [5.41, 5.74) is 4.16. The molecule has 0 bridgehead atoms. The lowest BCUT2D eigenvalue weighted by molar-refractivity contribution is 0.102. The number of carbonyl (C=O) groups is 1. The highest BCUT2D eigenvalue weighted by Gasteiger charge is 2.18. The zero-order chi connectivity index (χ0) is 18.0. The van der Waals surface area contributed by atoms with Crippen LogP contribution in [0.2, 0.25) is 0 Å². The molecule has 0 radical (unpaired) electrons. The van der Waals surface area contributed by atoms with Crippen LogP contribution in [0.1, 0.15) is 34.2 Å². The Morgan fingerprint density at radius 3 is 2.52 bits per heavy atom. The van der Waals surface area contributed by atoms with Gasteiger partial charge in [-0.2, -0.15) is 0 Å². The molecule has 0 saturated heterocycles. The number of rotatable bonds is 4. The first-order chi connectivity index (χ1) is 12.0. The Morgan fingerprint density at radius 1 is 1.12 bits per heavy atom. The van der Waals surface area contributed by atoms with Crippen LogP contribution in [0.3, 0.4) is 0 Å². The number of hydrogen-bond donors (Lipinski definition) is 1. The first-order valence-electron chi connectivity index (χ1n) is 8.25. The molecule has 4 heteroatoms. The molecule has 1 amide bonds. The molecule has 0 unspecified atom stereocenters. The number of aryl methyl sites for hydroxylation is 3. The fraction of sp³-hybridized carbons (Fsp3) is 0.190. The number of hydrogen-bond acceptors (Lipinski definition) is 2. The highest BCUT2D eigenvalue weighted by molar-refractivity contribution is 6.06. The molecule has 3 nitrogen and oxygen atoms in total. The molecule has 0 aliphatic rings. The van der Waals surface area contributed by atoms with Crippen molar-refractivity contribution in [1.82, 2.24) is 0 Å². The van der Waals surface area contributed by atoms with Crippen LogP contribution in [0.25, 0.3) is 11.3 Å². The van der Waals surface area contributed by atoms with Crippen molar-refractivity contribution in [3.63, 3.8) is 0 Å². The van der Waals surface area contributed by atoms with E-state index in [0.29, 0.717) is 17.1 Å². The van der Waals surface area contributed by atoms with Gasteiger partial charge in [0.05, 0.1) is 5.56 Å². The molecular formula is C21H20FNO2. The van der Waals surface area contributed by atoms with Crippen LogP contribution in [0.4, 0.5) is 10.1 Å². The zero-order valence-electron chi connectivity index (χ0n) is 14.5. The van der Waals surface area contributed by atoms with E-state index in [-0.39, 0.29) is 11.7 Å². The number of halogens is 1. The van der Waals surface area contributed by atoms with Gasteiger partial charge >= 0.3 is 0 Å². The average molecular weight is 337 g/mol. The number of furan rings is 1. The number of para-hydroxylation sites is 1. The summed E-state index contributed by atoms with van der Waals surface area (Å²) in [6.45, 7) is 5.78. The molecule has 3 rings (SSSR count). The van der Waals surface area contributed by atoms with Crippen LogP contribution in [-0.4, -0.2) is 5.91 Å². The second kappa shape index (κ2) is 6.93. The number of nitrogens with one attached hydrogen (secondary N) is 1. The molecular weight excluding hydrogens is 317 g/mol. The van der Waals surface area contributed by atoms with Crippen LogP contribution in [0.5, 0.6) is 0 Å². The van der Waals surface area contributed by atoms with E-state index in [1.165, 1.54) is 12.1 Å². The minimum atomic E-state index is -0.309. The smallest absolute Gasteiger partial charge is 0.259 e. The molecule has 0 spiro atoms. The zero-order valence-corrected chi connectivity index (χ0v) is 14.5. The van der Waals surface area contributed by atoms with E-state index in [2.05, 4.69) is 12.2 Å². The number of anilines is 1. The van der Waals surface area contributed by atoms with Crippen molar-refractivity contribution in [1.29, 1.82) is 0 Å². The Kier molecular flexibility index (Phi) is 4.70. The van der Waals surface area contributed by atoms with E-state index in [1.807, 2.05) is 25.1 Å². The van der Waals surface area contributed by atoms with Gasteiger partial charge in [0.25, 0.3) is 5.91 Å². The van der Waals surface area contributed by atoms with Gasteiger partial charge in [-0.05, 0) is 61.7 Å². The lowest BCUT2D eigenvalue weighted by Crippen LogP contribution is -2.14. The first-order valence-corrected chi connectivity index (χ1v) is 8.25. The molecule has 0 aliphatic carbocycles. The van der Waals surface area contributed by atoms with Crippen LogP contribution < -0.4 is 5.32 Å². The maximum Gasteiger partial charge on any atom is 0.259 e. The molecule has 0 aliphatic heterocycles. The summed E-state index contributed by atoms with van der Waals surface area (Å²) in [4.78, 5) is 12.7. The second-order valence-corrected chi connectivity index (χ2v) is 6.00. The minimum absolute atomic E-state index is 0.210. The molecule has 0 atom stereocenters. The third kappa shape index (κ3) is 3.48. The van der Waals surface area contributed by atoms with Gasteiger partial charge in [-0.3, -0.25) is 4.79 Å². The second-order valence-electron chi connectivity index (χ2n) is 6.00. The third-order valence-electron chi connectivity index (χ3n) is 4.27. The standard InChI is InChI=1S/C21H20FNO2/c1-4-15-7-5-6-13(2)20(15)23-21(24)18-12-19(25-14(18)3)16-8-10-17(22)11-9-16/h5-12H,4H2,1-3H3,(H,23,24). The fourth-order valence-corrected chi connectivity index (χ4v) is 2.85. The molecule has 1 heterocycles. The summed E-state index contributed by atoms with van der Waals surface area (Å²) in [6.07, 6.45) is 0.836. The summed E-state index contributed by atoms with van der Waals surface area (Å²) in [5, 5.41) is 3.00. The average Bonchev–Trinajstić information content (AvgIpc) is 2.99. The Bertz CT molecular complexity index is 910. The number of amides is 1. The van der Waals surface area contributed by atoms with Crippen LogP contribution in [-0.2, 0) is 6.42 Å². The van der Waals surface area contributed by atoms with Gasteiger partial charge in [-0.1, -0.05) is 25.1 Å². The summed E-state index contributed by atoms with van der Waals surface area (Å²) >= 11 is 0. The monoisotopic (exact) mass is 337 g/mol. The molecule has 0 fully saturated rings. The Labute approximate surface area is 146 Å². The molecule has 3 aromatic rings.